The molecule has 0 spiro atoms. The Balaban J connectivity index is 1.93. The number of nitrogens with zero attached hydrogens (tertiary/aromatic N) is 4. The molecule has 4 rings (SSSR count). The van der Waals surface area contributed by atoms with Crippen LogP contribution in [0, 0.1) is 0 Å². The van der Waals surface area contributed by atoms with Gasteiger partial charge in [-0.15, -0.1) is 5.10 Å². The van der Waals surface area contributed by atoms with E-state index in [4.69, 9.17) is 10.5 Å². The van der Waals surface area contributed by atoms with E-state index >= 15 is 0 Å². The van der Waals surface area contributed by atoms with Crippen LogP contribution in [0.15, 0.2) is 53.3 Å². The van der Waals surface area contributed by atoms with Crippen LogP contribution in [0.3, 0.4) is 0 Å². The summed E-state index contributed by atoms with van der Waals surface area (Å²) in [5.41, 5.74) is 8.16. The zero-order valence-electron chi connectivity index (χ0n) is 13.9. The van der Waals surface area contributed by atoms with Crippen LogP contribution in [0.2, 0.25) is 0 Å². The van der Waals surface area contributed by atoms with E-state index in [-0.39, 0.29) is 17.2 Å². The second-order valence-electron chi connectivity index (χ2n) is 5.78. The fourth-order valence-electron chi connectivity index (χ4n) is 2.88. The number of carbonyl (C=O) groups excluding carboxylic acids is 1. The van der Waals surface area contributed by atoms with Crippen LogP contribution in [0.25, 0.3) is 16.7 Å². The molecule has 4 aromatic rings. The molecule has 8 heteroatoms. The Morgan fingerprint density at radius 2 is 1.96 bits per heavy atom. The maximum absolute atomic E-state index is 12.9. The highest BCUT2D eigenvalue weighted by molar-refractivity contribution is 5.94. The maximum atomic E-state index is 12.9. The van der Waals surface area contributed by atoms with Crippen molar-refractivity contribution in [2.45, 2.75) is 6.54 Å². The first-order valence-electron chi connectivity index (χ1n) is 7.89. The van der Waals surface area contributed by atoms with E-state index in [2.05, 4.69) is 10.1 Å². The van der Waals surface area contributed by atoms with Crippen LogP contribution < -0.4 is 11.4 Å². The molecule has 0 aliphatic rings. The third kappa shape index (κ3) is 2.48. The summed E-state index contributed by atoms with van der Waals surface area (Å²) < 4.78 is 7.46. The molecule has 8 nitrogen and oxygen atoms in total. The topological polar surface area (TPSA) is 105 Å². The third-order valence-corrected chi connectivity index (χ3v) is 4.12. The SMILES string of the molecule is COC(=O)c1ccc2c(c1)nc(N)c1nn(Cc3ccccc3)c(=O)n12. The van der Waals surface area contributed by atoms with Crippen LogP contribution in [0.1, 0.15) is 15.9 Å². The van der Waals surface area contributed by atoms with Crippen LogP contribution in [0.5, 0.6) is 0 Å². The monoisotopic (exact) mass is 349 g/mol. The molecule has 0 atom stereocenters. The zero-order chi connectivity index (χ0) is 18.3. The Morgan fingerprint density at radius 1 is 1.19 bits per heavy atom. The normalized spacial score (nSPS) is 11.1. The molecular formula is C18H15N5O3. The van der Waals surface area contributed by atoms with Gasteiger partial charge in [0.1, 0.15) is 0 Å². The molecule has 0 fully saturated rings. The first kappa shape index (κ1) is 15.8. The van der Waals surface area contributed by atoms with Gasteiger partial charge < -0.3 is 10.5 Å². The van der Waals surface area contributed by atoms with Crippen molar-refractivity contribution in [2.24, 2.45) is 0 Å². The van der Waals surface area contributed by atoms with Gasteiger partial charge >= 0.3 is 11.7 Å². The van der Waals surface area contributed by atoms with Crippen molar-refractivity contribution < 1.29 is 9.53 Å². The van der Waals surface area contributed by atoms with Gasteiger partial charge in [-0.25, -0.2) is 23.7 Å². The molecule has 0 saturated heterocycles. The molecule has 26 heavy (non-hydrogen) atoms. The van der Waals surface area contributed by atoms with Crippen LogP contribution in [0.4, 0.5) is 5.82 Å². The molecule has 0 unspecified atom stereocenters. The maximum Gasteiger partial charge on any atom is 0.351 e. The first-order chi connectivity index (χ1) is 12.6. The smallest absolute Gasteiger partial charge is 0.351 e. The second-order valence-corrected chi connectivity index (χ2v) is 5.78. The van der Waals surface area contributed by atoms with E-state index in [9.17, 15) is 9.59 Å². The Hall–Kier alpha value is -3.68. The van der Waals surface area contributed by atoms with Crippen LogP contribution >= 0.6 is 0 Å². The minimum Gasteiger partial charge on any atom is -0.465 e. The molecule has 0 saturated carbocycles. The highest BCUT2D eigenvalue weighted by atomic mass is 16.5. The van der Waals surface area contributed by atoms with E-state index in [0.29, 0.717) is 23.1 Å². The number of rotatable bonds is 3. The largest absolute Gasteiger partial charge is 0.465 e. The summed E-state index contributed by atoms with van der Waals surface area (Å²) in [6.07, 6.45) is 0. The number of nitrogen functional groups attached to an aromatic ring is 1. The van der Waals surface area contributed by atoms with Crippen molar-refractivity contribution in [3.8, 4) is 0 Å². The van der Waals surface area contributed by atoms with Gasteiger partial charge in [0.2, 0.25) is 5.65 Å². The summed E-state index contributed by atoms with van der Waals surface area (Å²) in [6, 6.07) is 14.3. The number of carbonyl (C=O) groups is 1. The summed E-state index contributed by atoms with van der Waals surface area (Å²) in [5, 5.41) is 4.32. The molecule has 0 radical (unpaired) electrons. The van der Waals surface area contributed by atoms with Crippen molar-refractivity contribution in [2.75, 3.05) is 12.8 Å². The lowest BCUT2D eigenvalue weighted by Gasteiger charge is -2.04. The van der Waals surface area contributed by atoms with Gasteiger partial charge in [0.15, 0.2) is 5.82 Å². The summed E-state index contributed by atoms with van der Waals surface area (Å²) in [7, 11) is 1.30. The Bertz CT molecular complexity index is 1190. The van der Waals surface area contributed by atoms with Gasteiger partial charge in [-0.2, -0.15) is 0 Å². The molecule has 0 aliphatic heterocycles. The van der Waals surface area contributed by atoms with E-state index in [1.165, 1.54) is 22.3 Å². The van der Waals surface area contributed by atoms with E-state index in [1.54, 1.807) is 12.1 Å². The van der Waals surface area contributed by atoms with Crippen molar-refractivity contribution in [1.82, 2.24) is 19.2 Å². The quantitative estimate of drug-likeness (QED) is 0.562. The van der Waals surface area contributed by atoms with E-state index in [1.807, 2.05) is 30.3 Å². The lowest BCUT2D eigenvalue weighted by atomic mass is 10.2. The highest BCUT2D eigenvalue weighted by Crippen LogP contribution is 2.19. The molecular weight excluding hydrogens is 334 g/mol. The highest BCUT2D eigenvalue weighted by Gasteiger charge is 2.16. The number of methoxy groups -OCH3 is 1. The summed E-state index contributed by atoms with van der Waals surface area (Å²) in [6.45, 7) is 0.322. The fourth-order valence-corrected chi connectivity index (χ4v) is 2.88. The number of hydrogen-bond acceptors (Lipinski definition) is 6. The summed E-state index contributed by atoms with van der Waals surface area (Å²) >= 11 is 0. The molecule has 2 heterocycles. The number of aromatic nitrogens is 4. The van der Waals surface area contributed by atoms with Crippen molar-refractivity contribution in [1.29, 1.82) is 0 Å². The first-order valence-corrected chi connectivity index (χ1v) is 7.89. The minimum atomic E-state index is -0.487. The minimum absolute atomic E-state index is 0.114. The zero-order valence-corrected chi connectivity index (χ0v) is 13.9. The Morgan fingerprint density at radius 3 is 2.69 bits per heavy atom. The van der Waals surface area contributed by atoms with Gasteiger partial charge in [-0.3, -0.25) is 0 Å². The van der Waals surface area contributed by atoms with Crippen LogP contribution in [-0.2, 0) is 11.3 Å². The molecule has 0 aliphatic carbocycles. The summed E-state index contributed by atoms with van der Waals surface area (Å²) in [5.74, 6) is -0.372. The molecule has 2 aromatic heterocycles. The van der Waals surface area contributed by atoms with Gasteiger partial charge in [0, 0.05) is 0 Å². The van der Waals surface area contributed by atoms with Crippen molar-refractivity contribution >= 4 is 28.5 Å². The fraction of sp³-hybridized carbons (Fsp3) is 0.111. The van der Waals surface area contributed by atoms with Gasteiger partial charge in [-0.05, 0) is 23.8 Å². The Kier molecular flexibility index (Phi) is 3.65. The van der Waals surface area contributed by atoms with Gasteiger partial charge in [-0.1, -0.05) is 30.3 Å². The molecule has 2 N–H and O–H groups in total. The van der Waals surface area contributed by atoms with Crippen molar-refractivity contribution in [3.05, 3.63) is 70.1 Å². The third-order valence-electron chi connectivity index (χ3n) is 4.12. The van der Waals surface area contributed by atoms with Gasteiger partial charge in [0.25, 0.3) is 0 Å². The number of nitrogens with two attached hydrogens (primary N) is 1. The van der Waals surface area contributed by atoms with E-state index in [0.717, 1.165) is 5.56 Å². The van der Waals surface area contributed by atoms with Crippen LogP contribution in [-0.4, -0.2) is 32.2 Å². The average Bonchev–Trinajstić information content (AvgIpc) is 2.99. The number of esters is 1. The molecule has 0 bridgehead atoms. The Labute approximate surface area is 147 Å². The van der Waals surface area contributed by atoms with E-state index < -0.39 is 5.97 Å². The number of benzene rings is 2. The molecule has 0 amide bonds. The van der Waals surface area contributed by atoms with Crippen molar-refractivity contribution in [3.63, 3.8) is 0 Å². The number of ether oxygens (including phenoxy) is 1. The second kappa shape index (κ2) is 5.99. The predicted octanol–water partition coefficient (Wildman–Crippen LogP) is 1.46. The predicted molar refractivity (Wildman–Crippen MR) is 96.0 cm³/mol. The summed E-state index contributed by atoms with van der Waals surface area (Å²) in [4.78, 5) is 28.9. The molecule has 2 aromatic carbocycles. The lowest BCUT2D eigenvalue weighted by molar-refractivity contribution is 0.0601. The number of fused-ring (bicyclic) bond motifs is 3. The average molecular weight is 349 g/mol. The standard InChI is InChI=1S/C18H15N5O3/c1-26-17(24)12-7-8-14-13(9-12)20-15(19)16-21-22(18(25)23(14)16)10-11-5-3-2-4-6-11/h2-9H,10H2,1H3,(H2,19,20). The lowest BCUT2D eigenvalue weighted by Crippen LogP contribution is -2.22. The number of hydrogen-bond donors (Lipinski definition) is 1. The number of anilines is 1. The molecule has 130 valence electrons. The van der Waals surface area contributed by atoms with Gasteiger partial charge in [0.05, 0.1) is 30.3 Å².